The van der Waals surface area contributed by atoms with Crippen molar-refractivity contribution >= 4 is 39.0 Å². The zero-order valence-electron chi connectivity index (χ0n) is 17.8. The minimum Gasteiger partial charge on any atom is -0.496 e. The number of anilines is 1. The number of rotatable bonds is 4. The van der Waals surface area contributed by atoms with Gasteiger partial charge in [0.15, 0.2) is 0 Å². The van der Waals surface area contributed by atoms with Crippen LogP contribution < -0.4 is 10.1 Å². The summed E-state index contributed by atoms with van der Waals surface area (Å²) in [6, 6.07) is 11.6. The van der Waals surface area contributed by atoms with Gasteiger partial charge in [-0.05, 0) is 57.0 Å². The van der Waals surface area contributed by atoms with Crippen LogP contribution in [0.5, 0.6) is 5.75 Å². The quantitative estimate of drug-likeness (QED) is 0.430. The molecule has 1 amide bonds. The Balaban J connectivity index is 1.73. The number of carbonyl (C=O) groups excluding carboxylic acids is 1. The van der Waals surface area contributed by atoms with Crippen molar-refractivity contribution in [2.24, 2.45) is 0 Å². The minimum absolute atomic E-state index is 0.217. The highest BCUT2D eigenvalue weighted by atomic mass is 16.5. The second-order valence-corrected chi connectivity index (χ2v) is 7.44. The van der Waals surface area contributed by atoms with Crippen LogP contribution in [-0.2, 0) is 4.79 Å². The first-order valence-electron chi connectivity index (χ1n) is 9.81. The normalized spacial score (nSPS) is 11.8. The number of aryl methyl sites for hydroxylation is 3. The predicted octanol–water partition coefficient (Wildman–Crippen LogP) is 5.96. The lowest BCUT2D eigenvalue weighted by Crippen LogP contribution is -2.09. The first kappa shape index (κ1) is 19.7. The Bertz CT molecular complexity index is 1310. The number of nitrogens with one attached hydrogen (secondary N) is 1. The van der Waals surface area contributed by atoms with Crippen molar-refractivity contribution < 1.29 is 13.9 Å². The van der Waals surface area contributed by atoms with Crippen LogP contribution in [0.1, 0.15) is 29.4 Å². The summed E-state index contributed by atoms with van der Waals surface area (Å²) in [6.07, 6.45) is 3.31. The van der Waals surface area contributed by atoms with Gasteiger partial charge in [0.25, 0.3) is 0 Å². The largest absolute Gasteiger partial charge is 0.496 e. The van der Waals surface area contributed by atoms with Crippen molar-refractivity contribution in [2.45, 2.75) is 27.7 Å². The molecule has 0 radical (unpaired) electrons. The fourth-order valence-corrected chi connectivity index (χ4v) is 3.82. The number of nitrogens with zero attached hydrogens (tertiary/aromatic N) is 1. The van der Waals surface area contributed by atoms with Gasteiger partial charge in [-0.1, -0.05) is 18.2 Å². The highest BCUT2D eigenvalue weighted by molar-refractivity contribution is 6.08. The second kappa shape index (κ2) is 7.67. The monoisotopic (exact) mass is 400 g/mol. The zero-order valence-corrected chi connectivity index (χ0v) is 17.8. The molecule has 0 fully saturated rings. The smallest absolute Gasteiger partial charge is 0.248 e. The molecule has 5 heteroatoms. The lowest BCUT2D eigenvalue weighted by atomic mass is 9.98. The van der Waals surface area contributed by atoms with Gasteiger partial charge >= 0.3 is 0 Å². The first-order chi connectivity index (χ1) is 14.4. The first-order valence-corrected chi connectivity index (χ1v) is 9.81. The molecule has 0 saturated carbocycles. The molecule has 0 aliphatic rings. The molecule has 0 bridgehead atoms. The molecule has 30 heavy (non-hydrogen) atoms. The van der Waals surface area contributed by atoms with Gasteiger partial charge in [0, 0.05) is 34.2 Å². The third kappa shape index (κ3) is 3.32. The Hall–Kier alpha value is -3.60. The van der Waals surface area contributed by atoms with Gasteiger partial charge in [-0.3, -0.25) is 9.78 Å². The summed E-state index contributed by atoms with van der Waals surface area (Å²) in [5.41, 5.74) is 5.97. The number of ether oxygens (including phenoxy) is 1. The van der Waals surface area contributed by atoms with Crippen LogP contribution in [0, 0.1) is 20.8 Å². The lowest BCUT2D eigenvalue weighted by Gasteiger charge is -2.13. The summed E-state index contributed by atoms with van der Waals surface area (Å²) in [4.78, 5) is 17.2. The van der Waals surface area contributed by atoms with Crippen molar-refractivity contribution in [3.63, 3.8) is 0 Å². The molecule has 2 aromatic carbocycles. The topological polar surface area (TPSA) is 64.4 Å². The number of pyridine rings is 1. The van der Waals surface area contributed by atoms with E-state index in [0.29, 0.717) is 11.4 Å². The molecule has 1 N–H and O–H groups in total. The summed E-state index contributed by atoms with van der Waals surface area (Å²) in [6.45, 7) is 7.87. The Morgan fingerprint density at radius 1 is 1.13 bits per heavy atom. The maximum Gasteiger partial charge on any atom is 0.248 e. The summed E-state index contributed by atoms with van der Waals surface area (Å²) in [7, 11) is 1.63. The number of amides is 1. The number of hydrogen-bond acceptors (Lipinski definition) is 4. The van der Waals surface area contributed by atoms with E-state index in [2.05, 4.69) is 10.3 Å². The van der Waals surface area contributed by atoms with Gasteiger partial charge in [-0.15, -0.1) is 0 Å². The number of aromatic nitrogens is 1. The van der Waals surface area contributed by atoms with Crippen LogP contribution in [0.25, 0.3) is 27.4 Å². The number of methoxy groups -OCH3 is 1. The van der Waals surface area contributed by atoms with Crippen molar-refractivity contribution in [1.82, 2.24) is 4.98 Å². The van der Waals surface area contributed by atoms with Crippen molar-refractivity contribution in [2.75, 3.05) is 12.4 Å². The highest BCUT2D eigenvalue weighted by Gasteiger charge is 2.18. The molecular formula is C25H24N2O3. The Morgan fingerprint density at radius 3 is 2.67 bits per heavy atom. The zero-order chi connectivity index (χ0) is 21.4. The number of hydrogen-bond donors (Lipinski definition) is 1. The Labute approximate surface area is 175 Å². The average Bonchev–Trinajstić information content (AvgIpc) is 3.02. The molecule has 5 nitrogen and oxygen atoms in total. The molecule has 0 atom stereocenters. The molecule has 0 aliphatic carbocycles. The molecule has 0 aliphatic heterocycles. The van der Waals surface area contributed by atoms with E-state index >= 15 is 0 Å². The number of benzene rings is 2. The maximum absolute atomic E-state index is 12.8. The minimum atomic E-state index is -0.217. The van der Waals surface area contributed by atoms with Crippen molar-refractivity contribution in [1.29, 1.82) is 0 Å². The van der Waals surface area contributed by atoms with Crippen LogP contribution in [0.4, 0.5) is 5.69 Å². The third-order valence-corrected chi connectivity index (χ3v) is 5.51. The molecular weight excluding hydrogens is 376 g/mol. The molecule has 4 rings (SSSR count). The molecule has 0 unspecified atom stereocenters. The fourth-order valence-electron chi connectivity index (χ4n) is 3.82. The Kier molecular flexibility index (Phi) is 5.04. The van der Waals surface area contributed by atoms with Gasteiger partial charge in [0.1, 0.15) is 17.1 Å². The highest BCUT2D eigenvalue weighted by Crippen LogP contribution is 2.38. The average molecular weight is 400 g/mol. The van der Waals surface area contributed by atoms with Crippen LogP contribution in [0.3, 0.4) is 0 Å². The maximum atomic E-state index is 12.8. The number of furan rings is 1. The molecule has 4 aromatic rings. The van der Waals surface area contributed by atoms with E-state index in [9.17, 15) is 4.79 Å². The molecule has 2 aromatic heterocycles. The number of carbonyl (C=O) groups is 1. The van der Waals surface area contributed by atoms with Crippen LogP contribution >= 0.6 is 0 Å². The van der Waals surface area contributed by atoms with Crippen LogP contribution in [0.2, 0.25) is 0 Å². The van der Waals surface area contributed by atoms with Crippen molar-refractivity contribution in [3.05, 3.63) is 71.1 Å². The lowest BCUT2D eigenvalue weighted by molar-refractivity contribution is -0.111. The van der Waals surface area contributed by atoms with Crippen molar-refractivity contribution in [3.8, 4) is 5.75 Å². The number of allylic oxidation sites excluding steroid dienone is 1. The molecule has 0 saturated heterocycles. The third-order valence-electron chi connectivity index (χ3n) is 5.51. The van der Waals surface area contributed by atoms with Crippen LogP contribution in [-0.4, -0.2) is 18.0 Å². The number of fused-ring (bicyclic) bond motifs is 2. The summed E-state index contributed by atoms with van der Waals surface area (Å²) in [5.74, 6) is 1.38. The van der Waals surface area contributed by atoms with E-state index in [1.165, 1.54) is 0 Å². The van der Waals surface area contributed by atoms with E-state index in [4.69, 9.17) is 9.15 Å². The van der Waals surface area contributed by atoms with Crippen LogP contribution in [0.15, 0.2) is 53.1 Å². The van der Waals surface area contributed by atoms with E-state index in [-0.39, 0.29) is 5.91 Å². The predicted molar refractivity (Wildman–Crippen MR) is 121 cm³/mol. The van der Waals surface area contributed by atoms with E-state index < -0.39 is 0 Å². The van der Waals surface area contributed by atoms with Gasteiger partial charge in [0.2, 0.25) is 5.91 Å². The second-order valence-electron chi connectivity index (χ2n) is 7.44. The molecule has 0 spiro atoms. The summed E-state index contributed by atoms with van der Waals surface area (Å²) >= 11 is 0. The fraction of sp³-hybridized carbons (Fsp3) is 0.200. The Morgan fingerprint density at radius 2 is 1.90 bits per heavy atom. The SMILES string of the molecule is COc1c(/C(C)=C/C(=O)Nc2cccc3cccnc23)cc2c(C)c(C)oc2c1C. The van der Waals surface area contributed by atoms with Gasteiger partial charge in [-0.25, -0.2) is 0 Å². The summed E-state index contributed by atoms with van der Waals surface area (Å²) < 4.78 is 11.6. The number of para-hydroxylation sites is 1. The summed E-state index contributed by atoms with van der Waals surface area (Å²) in [5, 5.41) is 4.96. The van der Waals surface area contributed by atoms with E-state index in [0.717, 1.165) is 49.9 Å². The van der Waals surface area contributed by atoms with Gasteiger partial charge in [0.05, 0.1) is 18.3 Å². The van der Waals surface area contributed by atoms with Gasteiger partial charge < -0.3 is 14.5 Å². The van der Waals surface area contributed by atoms with E-state index in [1.807, 2.05) is 64.1 Å². The molecule has 152 valence electrons. The van der Waals surface area contributed by atoms with E-state index in [1.54, 1.807) is 19.4 Å². The van der Waals surface area contributed by atoms with Gasteiger partial charge in [-0.2, -0.15) is 0 Å². The standard InChI is InChI=1S/C25H24N2O3/c1-14(12-22(28)27-21-10-6-8-18-9-7-11-26-23(18)21)19-13-20-15(2)17(4)30-25(20)16(3)24(19)29-5/h6-13H,1-5H3,(H,27,28)/b14-12+. The molecule has 2 heterocycles.